The second-order valence-corrected chi connectivity index (χ2v) is 10.0. The maximum Gasteiger partial charge on any atom is 0.229 e. The number of rotatable bonds is 7. The number of carbonyl (C=O) groups excluding carboxylic acids is 1. The molecule has 2 aromatic rings. The Bertz CT molecular complexity index is 860. The Balaban J connectivity index is 1.13. The molecule has 1 aliphatic carbocycles. The van der Waals surface area contributed by atoms with Crippen LogP contribution in [0.1, 0.15) is 56.2 Å². The standard InChI is InChI=1S/C25H35N5O/c31-25(26-15-20-9-5-2-6-10-20)24-18-29-12-11-21(24)14-23(29)17-30-16-22(27-28-30)13-19-7-3-1-4-8-19/h2,5-6,9-10,16,19,21,23-24H,1,3-4,7-8,11-15,17-18H2,(H,26,31)/p+1/t21-,23+,24-/m0/s1. The summed E-state index contributed by atoms with van der Waals surface area (Å²) in [5.74, 6) is 1.69. The first-order valence-corrected chi connectivity index (χ1v) is 12.3. The third kappa shape index (κ3) is 5.00. The molecule has 166 valence electrons. The van der Waals surface area contributed by atoms with Gasteiger partial charge in [0.2, 0.25) is 5.91 Å². The van der Waals surface area contributed by atoms with Crippen LogP contribution < -0.4 is 10.2 Å². The zero-order valence-corrected chi connectivity index (χ0v) is 18.5. The van der Waals surface area contributed by atoms with Gasteiger partial charge in [0, 0.05) is 25.6 Å². The zero-order valence-electron chi connectivity index (χ0n) is 18.5. The van der Waals surface area contributed by atoms with Crippen LogP contribution in [0.15, 0.2) is 36.5 Å². The summed E-state index contributed by atoms with van der Waals surface area (Å²) in [5, 5.41) is 12.1. The lowest BCUT2D eigenvalue weighted by molar-refractivity contribution is -0.945. The van der Waals surface area contributed by atoms with Gasteiger partial charge < -0.3 is 10.2 Å². The molecule has 3 saturated heterocycles. The van der Waals surface area contributed by atoms with E-state index < -0.39 is 0 Å². The smallest absolute Gasteiger partial charge is 0.229 e. The van der Waals surface area contributed by atoms with Crippen molar-refractivity contribution in [1.29, 1.82) is 0 Å². The van der Waals surface area contributed by atoms with E-state index in [1.165, 1.54) is 45.1 Å². The van der Waals surface area contributed by atoms with E-state index in [9.17, 15) is 4.79 Å². The van der Waals surface area contributed by atoms with E-state index in [2.05, 4.69) is 38.6 Å². The van der Waals surface area contributed by atoms with E-state index in [4.69, 9.17) is 0 Å². The van der Waals surface area contributed by atoms with Crippen LogP contribution in [0.2, 0.25) is 0 Å². The third-order valence-corrected chi connectivity index (χ3v) is 7.91. The molecule has 4 heterocycles. The number of amides is 1. The van der Waals surface area contributed by atoms with E-state index in [1.807, 2.05) is 18.2 Å². The lowest BCUT2D eigenvalue weighted by atomic mass is 9.75. The number of piperidine rings is 3. The van der Waals surface area contributed by atoms with Gasteiger partial charge in [0.05, 0.1) is 31.2 Å². The lowest BCUT2D eigenvalue weighted by Crippen LogP contribution is -3.20. The fourth-order valence-corrected chi connectivity index (χ4v) is 6.17. The summed E-state index contributed by atoms with van der Waals surface area (Å²) < 4.78 is 2.07. The van der Waals surface area contributed by atoms with E-state index in [0.29, 0.717) is 18.5 Å². The van der Waals surface area contributed by atoms with Crippen LogP contribution in [-0.2, 0) is 24.3 Å². The first-order valence-electron chi connectivity index (χ1n) is 12.3. The van der Waals surface area contributed by atoms with Crippen LogP contribution in [-0.4, -0.2) is 40.0 Å². The third-order valence-electron chi connectivity index (χ3n) is 7.91. The van der Waals surface area contributed by atoms with Crippen LogP contribution in [0.3, 0.4) is 0 Å². The normalized spacial score (nSPS) is 28.5. The van der Waals surface area contributed by atoms with Crippen molar-refractivity contribution in [3.8, 4) is 0 Å². The molecule has 4 aliphatic rings. The molecule has 4 atom stereocenters. The maximum atomic E-state index is 12.9. The Morgan fingerprint density at radius 3 is 2.74 bits per heavy atom. The van der Waals surface area contributed by atoms with Crippen molar-refractivity contribution in [1.82, 2.24) is 20.3 Å². The Kier molecular flexibility index (Phi) is 6.35. The zero-order chi connectivity index (χ0) is 21.0. The predicted molar refractivity (Wildman–Crippen MR) is 119 cm³/mol. The molecule has 3 aliphatic heterocycles. The second-order valence-electron chi connectivity index (χ2n) is 10.0. The fourth-order valence-electron chi connectivity index (χ4n) is 6.17. The molecule has 6 heteroatoms. The first-order chi connectivity index (χ1) is 15.2. The van der Waals surface area contributed by atoms with Gasteiger partial charge in [-0.05, 0) is 23.8 Å². The van der Waals surface area contributed by atoms with Crippen LogP contribution in [0.4, 0.5) is 0 Å². The van der Waals surface area contributed by atoms with Crippen LogP contribution in [0, 0.1) is 17.8 Å². The number of quaternary nitrogens is 1. The largest absolute Gasteiger partial charge is 0.352 e. The number of fused-ring (bicyclic) bond motifs is 3. The average Bonchev–Trinajstić information content (AvgIpc) is 3.26. The molecule has 1 aromatic carbocycles. The summed E-state index contributed by atoms with van der Waals surface area (Å²) in [6.45, 7) is 3.70. The molecule has 4 fully saturated rings. The molecule has 2 bridgehead atoms. The highest BCUT2D eigenvalue weighted by atomic mass is 16.1. The van der Waals surface area contributed by atoms with Gasteiger partial charge in [0.15, 0.2) is 0 Å². The van der Waals surface area contributed by atoms with Gasteiger partial charge >= 0.3 is 0 Å². The van der Waals surface area contributed by atoms with Crippen molar-refractivity contribution < 1.29 is 9.69 Å². The minimum absolute atomic E-state index is 0.154. The number of hydrogen-bond donors (Lipinski definition) is 2. The number of hydrogen-bond acceptors (Lipinski definition) is 3. The molecule has 2 N–H and O–H groups in total. The van der Waals surface area contributed by atoms with Crippen LogP contribution in [0.25, 0.3) is 0 Å². The molecule has 1 saturated carbocycles. The number of benzene rings is 1. The maximum absolute atomic E-state index is 12.9. The Labute approximate surface area is 185 Å². The summed E-state index contributed by atoms with van der Waals surface area (Å²) in [5.41, 5.74) is 2.33. The molecule has 31 heavy (non-hydrogen) atoms. The molecular weight excluding hydrogens is 386 g/mol. The second kappa shape index (κ2) is 9.51. The summed E-state index contributed by atoms with van der Waals surface area (Å²) in [7, 11) is 0. The molecule has 0 radical (unpaired) electrons. The van der Waals surface area contributed by atoms with Crippen molar-refractivity contribution in [2.45, 2.75) is 70.5 Å². The summed E-state index contributed by atoms with van der Waals surface area (Å²) in [6, 6.07) is 10.7. The number of nitrogens with one attached hydrogen (secondary N) is 2. The van der Waals surface area contributed by atoms with Crippen molar-refractivity contribution in [2.24, 2.45) is 17.8 Å². The minimum atomic E-state index is 0.154. The highest BCUT2D eigenvalue weighted by Gasteiger charge is 2.46. The van der Waals surface area contributed by atoms with Crippen molar-refractivity contribution >= 4 is 5.91 Å². The predicted octanol–water partition coefficient (Wildman–Crippen LogP) is 2.01. The van der Waals surface area contributed by atoms with Gasteiger partial charge in [-0.1, -0.05) is 67.6 Å². The molecule has 1 aromatic heterocycles. The number of carbonyl (C=O) groups is 1. The van der Waals surface area contributed by atoms with Gasteiger partial charge in [0.25, 0.3) is 0 Å². The Morgan fingerprint density at radius 1 is 1.13 bits per heavy atom. The SMILES string of the molecule is O=C(NCc1ccccc1)[C@H]1C[NH+]2CC[C@H]1C[C@@H]2Cn1cc(CC2CCCCC2)nn1. The molecule has 1 unspecified atom stereocenters. The molecule has 0 spiro atoms. The quantitative estimate of drug-likeness (QED) is 0.718. The van der Waals surface area contributed by atoms with Gasteiger partial charge in [-0.15, -0.1) is 5.10 Å². The van der Waals surface area contributed by atoms with Crippen molar-refractivity contribution in [3.05, 3.63) is 47.8 Å². The average molecular weight is 423 g/mol. The molecular formula is C25H36N5O+. The summed E-state index contributed by atoms with van der Waals surface area (Å²) >= 11 is 0. The number of aromatic nitrogens is 3. The summed E-state index contributed by atoms with van der Waals surface area (Å²) in [4.78, 5) is 14.4. The van der Waals surface area contributed by atoms with E-state index in [-0.39, 0.29) is 11.8 Å². The van der Waals surface area contributed by atoms with Gasteiger partial charge in [-0.3, -0.25) is 4.79 Å². The van der Waals surface area contributed by atoms with Crippen molar-refractivity contribution in [3.63, 3.8) is 0 Å². The molecule has 6 nitrogen and oxygen atoms in total. The van der Waals surface area contributed by atoms with Crippen LogP contribution in [0.5, 0.6) is 0 Å². The van der Waals surface area contributed by atoms with Gasteiger partial charge in [0.1, 0.15) is 6.04 Å². The Hall–Kier alpha value is -2.21. The molecule has 6 rings (SSSR count). The fraction of sp³-hybridized carbons (Fsp3) is 0.640. The topological polar surface area (TPSA) is 64.2 Å². The highest BCUT2D eigenvalue weighted by Crippen LogP contribution is 2.28. The number of nitrogens with zero attached hydrogens (tertiary/aromatic N) is 3. The van der Waals surface area contributed by atoms with E-state index in [0.717, 1.165) is 43.1 Å². The van der Waals surface area contributed by atoms with Gasteiger partial charge in [-0.25, -0.2) is 4.68 Å². The highest BCUT2D eigenvalue weighted by molar-refractivity contribution is 5.79. The molecule has 1 amide bonds. The lowest BCUT2D eigenvalue weighted by Gasteiger charge is -2.46. The minimum Gasteiger partial charge on any atom is -0.352 e. The first kappa shape index (κ1) is 20.7. The Morgan fingerprint density at radius 2 is 1.97 bits per heavy atom. The van der Waals surface area contributed by atoms with Gasteiger partial charge in [-0.2, -0.15) is 0 Å². The van der Waals surface area contributed by atoms with Crippen LogP contribution >= 0.6 is 0 Å². The monoisotopic (exact) mass is 422 g/mol. The van der Waals surface area contributed by atoms with E-state index >= 15 is 0 Å². The van der Waals surface area contributed by atoms with Crippen molar-refractivity contribution in [2.75, 3.05) is 13.1 Å². The summed E-state index contributed by atoms with van der Waals surface area (Å²) in [6.07, 6.45) is 12.4. The van der Waals surface area contributed by atoms with E-state index in [1.54, 1.807) is 4.90 Å².